The summed E-state index contributed by atoms with van der Waals surface area (Å²) in [6.07, 6.45) is 7.52. The summed E-state index contributed by atoms with van der Waals surface area (Å²) in [5.74, 6) is 1.96. The Morgan fingerprint density at radius 3 is 1.29 bits per heavy atom. The van der Waals surface area contributed by atoms with Gasteiger partial charge in [-0.05, 0) is 139 Å². The van der Waals surface area contributed by atoms with Crippen LogP contribution in [0.3, 0.4) is 0 Å². The first-order valence-corrected chi connectivity index (χ1v) is 18.5. The van der Waals surface area contributed by atoms with E-state index in [0.717, 1.165) is 33.8 Å². The van der Waals surface area contributed by atoms with Crippen LogP contribution in [0, 0.1) is 0 Å². The zero-order valence-electron chi connectivity index (χ0n) is 28.0. The van der Waals surface area contributed by atoms with Crippen LogP contribution in [0.25, 0.3) is 77.9 Å². The Morgan fingerprint density at radius 2 is 0.765 bits per heavy atom. The maximum atomic E-state index is 4.41. The minimum atomic E-state index is 0.971. The molecule has 0 radical (unpaired) electrons. The first kappa shape index (κ1) is 31.0. The second-order valence-corrected chi connectivity index (χ2v) is 14.0. The summed E-state index contributed by atoms with van der Waals surface area (Å²) in [4.78, 5) is 8.83. The highest BCUT2D eigenvalue weighted by atomic mass is 32.2. The second-order valence-electron chi connectivity index (χ2n) is 13.1. The van der Waals surface area contributed by atoms with Crippen molar-refractivity contribution in [3.63, 3.8) is 0 Å². The lowest BCUT2D eigenvalue weighted by atomic mass is 9.88. The van der Waals surface area contributed by atoms with Crippen LogP contribution in [0.4, 0.5) is 0 Å². The summed E-state index contributed by atoms with van der Waals surface area (Å²) in [7, 11) is 0. The highest BCUT2D eigenvalue weighted by Crippen LogP contribution is 2.42. The lowest BCUT2D eigenvalue weighted by Crippen LogP contribution is -1.92. The van der Waals surface area contributed by atoms with E-state index in [2.05, 4.69) is 156 Å². The molecule has 0 spiro atoms. The van der Waals surface area contributed by atoms with E-state index in [1.54, 1.807) is 0 Å². The van der Waals surface area contributed by atoms with Crippen molar-refractivity contribution in [1.29, 1.82) is 0 Å². The van der Waals surface area contributed by atoms with Crippen LogP contribution in [0.1, 0.15) is 11.1 Å². The van der Waals surface area contributed by atoms with Gasteiger partial charge in [0.2, 0.25) is 0 Å². The second kappa shape index (κ2) is 13.7. The Bertz CT molecular complexity index is 2360. The number of fused-ring (bicyclic) bond motifs is 3. The topological polar surface area (TPSA) is 25.8 Å². The molecule has 0 amide bonds. The standard InChI is InChI=1S/C48H34N2S/c1-3-9-33(10-4-1)40-22-41(34-11-5-2-6-12-34)24-42(23-40)35-17-18-47-46(21-35)32-51-31-39-16-15-36(28-48(39)47)43-25-44(37-13-7-19-49-29-37)27-45(26-43)38-14-8-20-50-30-38/h1-30H,31-32H2. The van der Waals surface area contributed by atoms with Crippen LogP contribution < -0.4 is 0 Å². The molecule has 0 N–H and O–H groups in total. The van der Waals surface area contributed by atoms with Crippen molar-refractivity contribution in [3.8, 4) is 77.9 Å². The lowest BCUT2D eigenvalue weighted by Gasteiger charge is -2.16. The van der Waals surface area contributed by atoms with E-state index in [4.69, 9.17) is 0 Å². The molecule has 1 aliphatic heterocycles. The summed E-state index contributed by atoms with van der Waals surface area (Å²) in [6, 6.07) is 57.6. The number of hydrogen-bond acceptors (Lipinski definition) is 3. The average molecular weight is 671 g/mol. The van der Waals surface area contributed by atoms with Gasteiger partial charge >= 0.3 is 0 Å². The molecule has 0 aliphatic carbocycles. The monoisotopic (exact) mass is 670 g/mol. The molecule has 0 fully saturated rings. The quantitative estimate of drug-likeness (QED) is 0.176. The molecule has 0 bridgehead atoms. The summed E-state index contributed by atoms with van der Waals surface area (Å²) in [5.41, 5.74) is 19.6. The molecule has 1 aliphatic rings. The molecule has 0 atom stereocenters. The molecule has 8 aromatic rings. The molecule has 2 nitrogen and oxygen atoms in total. The third-order valence-corrected chi connectivity index (χ3v) is 10.8. The molecule has 0 saturated heterocycles. The largest absolute Gasteiger partial charge is 0.264 e. The van der Waals surface area contributed by atoms with Crippen LogP contribution in [0.2, 0.25) is 0 Å². The minimum absolute atomic E-state index is 0.971. The van der Waals surface area contributed by atoms with Gasteiger partial charge in [0.1, 0.15) is 0 Å². The zero-order chi connectivity index (χ0) is 34.0. The molecule has 9 rings (SSSR count). The molecule has 0 saturated carbocycles. The number of aromatic nitrogens is 2. The van der Waals surface area contributed by atoms with Crippen LogP contribution in [0.15, 0.2) is 183 Å². The van der Waals surface area contributed by atoms with E-state index in [0.29, 0.717) is 0 Å². The average Bonchev–Trinajstić information content (AvgIpc) is 3.40. The summed E-state index contributed by atoms with van der Waals surface area (Å²) >= 11 is 1.99. The van der Waals surface area contributed by atoms with Gasteiger partial charge in [-0.25, -0.2) is 0 Å². The third kappa shape index (κ3) is 6.40. The van der Waals surface area contributed by atoms with Crippen molar-refractivity contribution < 1.29 is 0 Å². The molecule has 6 aromatic carbocycles. The summed E-state index contributed by atoms with van der Waals surface area (Å²) in [6.45, 7) is 0. The van der Waals surface area contributed by atoms with Crippen LogP contribution in [-0.2, 0) is 11.5 Å². The SMILES string of the molecule is c1ccc(-c2cc(-c3ccccc3)cc(-c3ccc4c(c3)CSCc3ccc(-c5cc(-c6cccnc6)cc(-c6cccnc6)c5)cc3-4)c2)cc1. The van der Waals surface area contributed by atoms with E-state index >= 15 is 0 Å². The molecule has 3 heteroatoms. The van der Waals surface area contributed by atoms with Gasteiger partial charge in [-0.15, -0.1) is 0 Å². The Balaban J connectivity index is 1.14. The predicted molar refractivity (Wildman–Crippen MR) is 215 cm³/mol. The highest BCUT2D eigenvalue weighted by Gasteiger charge is 2.18. The normalized spacial score (nSPS) is 12.1. The maximum absolute atomic E-state index is 4.41. The molecule has 242 valence electrons. The number of thioether (sulfide) groups is 1. The van der Waals surface area contributed by atoms with Gasteiger partial charge in [0.15, 0.2) is 0 Å². The number of benzene rings is 6. The van der Waals surface area contributed by atoms with Gasteiger partial charge < -0.3 is 0 Å². The van der Waals surface area contributed by atoms with Crippen LogP contribution in [-0.4, -0.2) is 9.97 Å². The van der Waals surface area contributed by atoms with Gasteiger partial charge in [-0.2, -0.15) is 11.8 Å². The summed E-state index contributed by atoms with van der Waals surface area (Å²) < 4.78 is 0. The van der Waals surface area contributed by atoms with Gasteiger partial charge in [0.05, 0.1) is 0 Å². The number of pyridine rings is 2. The van der Waals surface area contributed by atoms with Crippen molar-refractivity contribution in [3.05, 3.63) is 194 Å². The van der Waals surface area contributed by atoms with Gasteiger partial charge in [-0.1, -0.05) is 97.1 Å². The first-order chi connectivity index (χ1) is 25.2. The molecular formula is C48H34N2S. The van der Waals surface area contributed by atoms with Crippen molar-refractivity contribution in [1.82, 2.24) is 9.97 Å². The lowest BCUT2D eigenvalue weighted by molar-refractivity contribution is 1.32. The van der Waals surface area contributed by atoms with Crippen LogP contribution >= 0.6 is 11.8 Å². The van der Waals surface area contributed by atoms with Crippen molar-refractivity contribution in [2.75, 3.05) is 0 Å². The van der Waals surface area contributed by atoms with Crippen LogP contribution in [0.5, 0.6) is 0 Å². The Morgan fingerprint density at radius 1 is 0.314 bits per heavy atom. The Hall–Kier alpha value is -6.03. The fourth-order valence-corrected chi connectivity index (χ4v) is 8.17. The first-order valence-electron chi connectivity index (χ1n) is 17.3. The fourth-order valence-electron chi connectivity index (χ4n) is 7.14. The van der Waals surface area contributed by atoms with Gasteiger partial charge in [0, 0.05) is 47.4 Å². The molecular weight excluding hydrogens is 637 g/mol. The minimum Gasteiger partial charge on any atom is -0.264 e. The maximum Gasteiger partial charge on any atom is 0.0346 e. The van der Waals surface area contributed by atoms with Gasteiger partial charge in [-0.3, -0.25) is 9.97 Å². The number of hydrogen-bond donors (Lipinski definition) is 0. The van der Waals surface area contributed by atoms with E-state index in [1.165, 1.54) is 66.8 Å². The Kier molecular flexibility index (Phi) is 8.33. The van der Waals surface area contributed by atoms with Crippen molar-refractivity contribution in [2.24, 2.45) is 0 Å². The molecule has 0 unspecified atom stereocenters. The molecule has 3 heterocycles. The van der Waals surface area contributed by atoms with Gasteiger partial charge in [0.25, 0.3) is 0 Å². The van der Waals surface area contributed by atoms with Crippen molar-refractivity contribution >= 4 is 11.8 Å². The number of rotatable bonds is 6. The smallest absolute Gasteiger partial charge is 0.0346 e. The Labute approximate surface area is 303 Å². The molecule has 51 heavy (non-hydrogen) atoms. The predicted octanol–water partition coefficient (Wildman–Crippen LogP) is 12.9. The fraction of sp³-hybridized carbons (Fsp3) is 0.0417. The number of nitrogens with zero attached hydrogens (tertiary/aromatic N) is 2. The highest BCUT2D eigenvalue weighted by molar-refractivity contribution is 7.97. The van der Waals surface area contributed by atoms with E-state index < -0.39 is 0 Å². The molecule has 2 aromatic heterocycles. The summed E-state index contributed by atoms with van der Waals surface area (Å²) in [5, 5.41) is 0. The third-order valence-electron chi connectivity index (χ3n) is 9.76. The van der Waals surface area contributed by atoms with E-state index in [1.807, 2.05) is 48.7 Å². The van der Waals surface area contributed by atoms with Crippen molar-refractivity contribution in [2.45, 2.75) is 11.5 Å². The van der Waals surface area contributed by atoms with E-state index in [9.17, 15) is 0 Å². The van der Waals surface area contributed by atoms with E-state index in [-0.39, 0.29) is 0 Å². The zero-order valence-corrected chi connectivity index (χ0v) is 28.9.